The maximum atomic E-state index is 9.81. The summed E-state index contributed by atoms with van der Waals surface area (Å²) < 4.78 is 6.18. The SMILES string of the molecule is CCC(O)C(C)c1nc(-c2ccc(C)cc2Br)no1. The summed E-state index contributed by atoms with van der Waals surface area (Å²) in [5, 5.41) is 13.8. The fourth-order valence-electron chi connectivity index (χ4n) is 1.85. The molecule has 2 rings (SSSR count). The van der Waals surface area contributed by atoms with Gasteiger partial charge in [0.15, 0.2) is 0 Å². The lowest BCUT2D eigenvalue weighted by Gasteiger charge is -2.11. The van der Waals surface area contributed by atoms with Crippen LogP contribution in [0.3, 0.4) is 0 Å². The van der Waals surface area contributed by atoms with E-state index in [0.29, 0.717) is 18.1 Å². The van der Waals surface area contributed by atoms with Crippen LogP contribution in [0.1, 0.15) is 37.6 Å². The highest BCUT2D eigenvalue weighted by atomic mass is 79.9. The van der Waals surface area contributed by atoms with E-state index < -0.39 is 6.10 Å². The van der Waals surface area contributed by atoms with Crippen molar-refractivity contribution >= 4 is 15.9 Å². The van der Waals surface area contributed by atoms with Gasteiger partial charge in [0.05, 0.1) is 12.0 Å². The molecule has 0 amide bonds. The predicted octanol–water partition coefficient (Wildman–Crippen LogP) is 3.68. The van der Waals surface area contributed by atoms with Crippen molar-refractivity contribution < 1.29 is 9.63 Å². The van der Waals surface area contributed by atoms with Crippen LogP contribution in [0.2, 0.25) is 0 Å². The van der Waals surface area contributed by atoms with Crippen LogP contribution in [0.15, 0.2) is 27.2 Å². The molecule has 2 aromatic rings. The topological polar surface area (TPSA) is 59.2 Å². The smallest absolute Gasteiger partial charge is 0.232 e. The van der Waals surface area contributed by atoms with Crippen LogP contribution < -0.4 is 0 Å². The van der Waals surface area contributed by atoms with Crippen molar-refractivity contribution in [2.45, 2.75) is 39.2 Å². The molecule has 1 aromatic carbocycles. The Morgan fingerprint density at radius 3 is 2.79 bits per heavy atom. The van der Waals surface area contributed by atoms with Gasteiger partial charge in [-0.1, -0.05) is 41.0 Å². The van der Waals surface area contributed by atoms with Crippen molar-refractivity contribution in [3.05, 3.63) is 34.1 Å². The van der Waals surface area contributed by atoms with Crippen molar-refractivity contribution in [3.8, 4) is 11.4 Å². The number of aryl methyl sites for hydroxylation is 1. The van der Waals surface area contributed by atoms with Gasteiger partial charge in [-0.3, -0.25) is 0 Å². The lowest BCUT2D eigenvalue weighted by Crippen LogP contribution is -2.14. The zero-order valence-electron chi connectivity index (χ0n) is 11.2. The van der Waals surface area contributed by atoms with Crippen LogP contribution in [0.25, 0.3) is 11.4 Å². The fourth-order valence-corrected chi connectivity index (χ4v) is 2.52. The molecule has 102 valence electrons. The van der Waals surface area contributed by atoms with E-state index >= 15 is 0 Å². The van der Waals surface area contributed by atoms with Crippen molar-refractivity contribution in [2.75, 3.05) is 0 Å². The number of hydrogen-bond donors (Lipinski definition) is 1. The van der Waals surface area contributed by atoms with Crippen LogP contribution >= 0.6 is 15.9 Å². The number of halogens is 1. The van der Waals surface area contributed by atoms with Gasteiger partial charge >= 0.3 is 0 Å². The number of nitrogens with zero attached hydrogens (tertiary/aromatic N) is 2. The van der Waals surface area contributed by atoms with E-state index in [1.54, 1.807) is 0 Å². The fraction of sp³-hybridized carbons (Fsp3) is 0.429. The molecule has 1 aromatic heterocycles. The first kappa shape index (κ1) is 14.2. The summed E-state index contributed by atoms with van der Waals surface area (Å²) in [6.07, 6.45) is 0.197. The third kappa shape index (κ3) is 3.04. The van der Waals surface area contributed by atoms with Crippen molar-refractivity contribution in [2.24, 2.45) is 0 Å². The van der Waals surface area contributed by atoms with Crippen LogP contribution in [0.4, 0.5) is 0 Å². The number of aliphatic hydroxyl groups excluding tert-OH is 1. The van der Waals surface area contributed by atoms with Crippen molar-refractivity contribution in [1.82, 2.24) is 10.1 Å². The average Bonchev–Trinajstić information content (AvgIpc) is 2.86. The zero-order chi connectivity index (χ0) is 14.0. The summed E-state index contributed by atoms with van der Waals surface area (Å²) in [5.74, 6) is 0.851. The van der Waals surface area contributed by atoms with E-state index in [0.717, 1.165) is 15.6 Å². The molecule has 1 heterocycles. The Bertz CT molecular complexity index is 568. The van der Waals surface area contributed by atoms with Gasteiger partial charge in [-0.15, -0.1) is 0 Å². The molecular weight excluding hydrogens is 308 g/mol. The maximum absolute atomic E-state index is 9.81. The molecule has 0 bridgehead atoms. The highest BCUT2D eigenvalue weighted by molar-refractivity contribution is 9.10. The Labute approximate surface area is 121 Å². The Kier molecular flexibility index (Phi) is 4.37. The Morgan fingerprint density at radius 2 is 2.16 bits per heavy atom. The molecule has 0 aliphatic rings. The molecule has 5 heteroatoms. The molecule has 0 fully saturated rings. The summed E-state index contributed by atoms with van der Waals surface area (Å²) in [7, 11) is 0. The molecule has 1 N–H and O–H groups in total. The van der Waals surface area contributed by atoms with E-state index in [1.165, 1.54) is 0 Å². The quantitative estimate of drug-likeness (QED) is 0.931. The molecule has 2 unspecified atom stereocenters. The Morgan fingerprint density at radius 1 is 1.42 bits per heavy atom. The highest BCUT2D eigenvalue weighted by Crippen LogP contribution is 2.28. The van der Waals surface area contributed by atoms with Crippen LogP contribution in [0, 0.1) is 6.92 Å². The van der Waals surface area contributed by atoms with Gasteiger partial charge in [-0.25, -0.2) is 0 Å². The molecule has 2 atom stereocenters. The third-order valence-electron chi connectivity index (χ3n) is 3.19. The summed E-state index contributed by atoms with van der Waals surface area (Å²) >= 11 is 3.50. The van der Waals surface area contributed by atoms with Gasteiger partial charge in [0.2, 0.25) is 11.7 Å². The Balaban J connectivity index is 2.30. The lowest BCUT2D eigenvalue weighted by molar-refractivity contribution is 0.129. The van der Waals surface area contributed by atoms with E-state index in [-0.39, 0.29) is 5.92 Å². The zero-order valence-corrected chi connectivity index (χ0v) is 12.8. The molecule has 0 spiro atoms. The molecule has 4 nitrogen and oxygen atoms in total. The predicted molar refractivity (Wildman–Crippen MR) is 76.9 cm³/mol. The third-order valence-corrected chi connectivity index (χ3v) is 3.85. The first-order valence-corrected chi connectivity index (χ1v) is 7.10. The minimum absolute atomic E-state index is 0.157. The summed E-state index contributed by atoms with van der Waals surface area (Å²) in [6, 6.07) is 5.96. The average molecular weight is 325 g/mol. The Hall–Kier alpha value is -1.20. The van der Waals surface area contributed by atoms with Gasteiger partial charge in [0, 0.05) is 10.0 Å². The number of rotatable bonds is 4. The monoisotopic (exact) mass is 324 g/mol. The number of aromatic nitrogens is 2. The second kappa shape index (κ2) is 5.84. The first-order valence-electron chi connectivity index (χ1n) is 6.31. The minimum atomic E-state index is -0.463. The molecule has 0 saturated heterocycles. The summed E-state index contributed by atoms with van der Waals surface area (Å²) in [5.41, 5.74) is 2.05. The lowest BCUT2D eigenvalue weighted by atomic mass is 10.0. The minimum Gasteiger partial charge on any atom is -0.392 e. The van der Waals surface area contributed by atoms with Crippen LogP contribution in [0.5, 0.6) is 0 Å². The molecule has 0 aliphatic heterocycles. The molecule has 0 saturated carbocycles. The standard InChI is InChI=1S/C14H17BrN2O2/c1-4-12(18)9(3)14-16-13(17-19-14)10-6-5-8(2)7-11(10)15/h5-7,9,12,18H,4H2,1-3H3. The van der Waals surface area contributed by atoms with E-state index in [4.69, 9.17) is 4.52 Å². The number of benzene rings is 1. The van der Waals surface area contributed by atoms with Crippen molar-refractivity contribution in [3.63, 3.8) is 0 Å². The van der Waals surface area contributed by atoms with Crippen LogP contribution in [-0.2, 0) is 0 Å². The van der Waals surface area contributed by atoms with Gasteiger partial charge in [-0.05, 0) is 31.0 Å². The van der Waals surface area contributed by atoms with E-state index in [2.05, 4.69) is 26.1 Å². The highest BCUT2D eigenvalue weighted by Gasteiger charge is 2.21. The van der Waals surface area contributed by atoms with E-state index in [9.17, 15) is 5.11 Å². The summed E-state index contributed by atoms with van der Waals surface area (Å²) in [6.45, 7) is 5.83. The van der Waals surface area contributed by atoms with E-state index in [1.807, 2.05) is 39.0 Å². The number of hydrogen-bond acceptors (Lipinski definition) is 4. The second-order valence-corrected chi connectivity index (χ2v) is 5.56. The first-order chi connectivity index (χ1) is 9.02. The van der Waals surface area contributed by atoms with Crippen molar-refractivity contribution in [1.29, 1.82) is 0 Å². The van der Waals surface area contributed by atoms with Gasteiger partial charge < -0.3 is 9.63 Å². The molecule has 19 heavy (non-hydrogen) atoms. The van der Waals surface area contributed by atoms with Gasteiger partial charge in [-0.2, -0.15) is 4.98 Å². The van der Waals surface area contributed by atoms with Gasteiger partial charge in [0.25, 0.3) is 0 Å². The second-order valence-electron chi connectivity index (χ2n) is 4.70. The van der Waals surface area contributed by atoms with Gasteiger partial charge in [0.1, 0.15) is 0 Å². The molecule has 0 aliphatic carbocycles. The summed E-state index contributed by atoms with van der Waals surface area (Å²) in [4.78, 5) is 4.37. The largest absolute Gasteiger partial charge is 0.392 e. The molecule has 0 radical (unpaired) electrons. The maximum Gasteiger partial charge on any atom is 0.232 e. The number of aliphatic hydroxyl groups is 1. The molecular formula is C14H17BrN2O2. The normalized spacial score (nSPS) is 14.4. The van der Waals surface area contributed by atoms with Crippen LogP contribution in [-0.4, -0.2) is 21.4 Å².